The SMILES string of the molecule is [C-]#[N+]CC1(c2cccc(O)c2)CCC1. The monoisotopic (exact) mass is 187 g/mol. The van der Waals surface area contributed by atoms with Gasteiger partial charge in [-0.15, -0.1) is 0 Å². The van der Waals surface area contributed by atoms with Gasteiger partial charge < -0.3 is 9.95 Å². The molecule has 2 nitrogen and oxygen atoms in total. The summed E-state index contributed by atoms with van der Waals surface area (Å²) in [6.07, 6.45) is 3.36. The second-order valence-corrected chi connectivity index (χ2v) is 4.00. The highest BCUT2D eigenvalue weighted by atomic mass is 16.3. The van der Waals surface area contributed by atoms with Crippen LogP contribution in [-0.4, -0.2) is 11.7 Å². The minimum absolute atomic E-state index is 0.0422. The fourth-order valence-electron chi connectivity index (χ4n) is 2.13. The third-order valence-electron chi connectivity index (χ3n) is 3.15. The molecule has 1 aliphatic carbocycles. The fourth-order valence-corrected chi connectivity index (χ4v) is 2.13. The average molecular weight is 187 g/mol. The zero-order valence-corrected chi connectivity index (χ0v) is 8.03. The van der Waals surface area contributed by atoms with Crippen molar-refractivity contribution >= 4 is 0 Å². The van der Waals surface area contributed by atoms with Gasteiger partial charge in [-0.1, -0.05) is 18.6 Å². The van der Waals surface area contributed by atoms with Crippen LogP contribution >= 0.6 is 0 Å². The molecule has 0 heterocycles. The van der Waals surface area contributed by atoms with E-state index in [4.69, 9.17) is 6.57 Å². The Kier molecular flexibility index (Phi) is 2.17. The summed E-state index contributed by atoms with van der Waals surface area (Å²) in [6.45, 7) is 7.51. The zero-order valence-electron chi connectivity index (χ0n) is 8.03. The van der Waals surface area contributed by atoms with E-state index in [9.17, 15) is 5.11 Å². The first-order valence-corrected chi connectivity index (χ1v) is 4.90. The Balaban J connectivity index is 2.32. The number of hydrogen-bond acceptors (Lipinski definition) is 1. The van der Waals surface area contributed by atoms with Crippen molar-refractivity contribution in [3.63, 3.8) is 0 Å². The summed E-state index contributed by atoms with van der Waals surface area (Å²) in [5, 5.41) is 9.39. The first-order valence-electron chi connectivity index (χ1n) is 4.90. The van der Waals surface area contributed by atoms with E-state index >= 15 is 0 Å². The van der Waals surface area contributed by atoms with E-state index in [1.807, 2.05) is 12.1 Å². The van der Waals surface area contributed by atoms with Crippen molar-refractivity contribution in [3.05, 3.63) is 41.2 Å². The minimum Gasteiger partial charge on any atom is -0.508 e. The number of hydrogen-bond donors (Lipinski definition) is 1. The molecular formula is C12H13NO. The molecule has 0 amide bonds. The van der Waals surface area contributed by atoms with Gasteiger partial charge in [-0.05, 0) is 30.5 Å². The highest BCUT2D eigenvalue weighted by Crippen LogP contribution is 2.44. The van der Waals surface area contributed by atoms with Crippen LogP contribution in [0.1, 0.15) is 24.8 Å². The lowest BCUT2D eigenvalue weighted by Gasteiger charge is -2.37. The maximum atomic E-state index is 9.39. The van der Waals surface area contributed by atoms with Crippen LogP contribution < -0.4 is 0 Å². The Morgan fingerprint density at radius 3 is 2.71 bits per heavy atom. The summed E-state index contributed by atoms with van der Waals surface area (Å²) >= 11 is 0. The van der Waals surface area contributed by atoms with E-state index in [-0.39, 0.29) is 5.41 Å². The maximum absolute atomic E-state index is 9.39. The third-order valence-corrected chi connectivity index (χ3v) is 3.15. The molecule has 0 aromatic heterocycles. The highest BCUT2D eigenvalue weighted by Gasteiger charge is 2.41. The standard InChI is InChI=1S/C12H13NO/c1-13-9-12(6-3-7-12)10-4-2-5-11(14)8-10/h2,4-5,8,14H,3,6-7,9H2. The first kappa shape index (κ1) is 9.08. The molecule has 1 aromatic rings. The van der Waals surface area contributed by atoms with Crippen LogP contribution in [-0.2, 0) is 5.41 Å². The van der Waals surface area contributed by atoms with E-state index < -0.39 is 0 Å². The van der Waals surface area contributed by atoms with Crippen LogP contribution in [0.25, 0.3) is 4.85 Å². The molecule has 0 unspecified atom stereocenters. The molecule has 2 rings (SSSR count). The molecule has 14 heavy (non-hydrogen) atoms. The molecule has 0 radical (unpaired) electrons. The number of aromatic hydroxyl groups is 1. The number of nitrogens with zero attached hydrogens (tertiary/aromatic N) is 1. The lowest BCUT2D eigenvalue weighted by atomic mass is 9.64. The van der Waals surface area contributed by atoms with E-state index in [1.54, 1.807) is 12.1 Å². The molecule has 1 aromatic carbocycles. The lowest BCUT2D eigenvalue weighted by molar-refractivity contribution is 0.265. The molecule has 1 saturated carbocycles. The first-order chi connectivity index (χ1) is 6.77. The van der Waals surface area contributed by atoms with Gasteiger partial charge in [-0.3, -0.25) is 0 Å². The van der Waals surface area contributed by atoms with Crippen molar-refractivity contribution in [1.82, 2.24) is 0 Å². The van der Waals surface area contributed by atoms with Gasteiger partial charge >= 0.3 is 0 Å². The van der Waals surface area contributed by atoms with Crippen LogP contribution in [0.15, 0.2) is 24.3 Å². The van der Waals surface area contributed by atoms with Crippen LogP contribution in [0, 0.1) is 6.57 Å². The predicted molar refractivity (Wildman–Crippen MR) is 55.1 cm³/mol. The molecule has 0 spiro atoms. The molecule has 0 saturated heterocycles. The molecule has 72 valence electrons. The molecular weight excluding hydrogens is 174 g/mol. The summed E-state index contributed by atoms with van der Waals surface area (Å²) in [4.78, 5) is 3.50. The van der Waals surface area contributed by atoms with Crippen molar-refractivity contribution < 1.29 is 5.11 Å². The minimum atomic E-state index is 0.0422. The third kappa shape index (κ3) is 1.35. The Morgan fingerprint density at radius 2 is 2.21 bits per heavy atom. The predicted octanol–water partition coefficient (Wildman–Crippen LogP) is 2.73. The van der Waals surface area contributed by atoms with E-state index in [2.05, 4.69) is 4.85 Å². The Bertz CT molecular complexity index is 374. The van der Waals surface area contributed by atoms with Crippen LogP contribution in [0.2, 0.25) is 0 Å². The summed E-state index contributed by atoms with van der Waals surface area (Å²) < 4.78 is 0. The van der Waals surface area contributed by atoms with Crippen LogP contribution in [0.3, 0.4) is 0 Å². The summed E-state index contributed by atoms with van der Waals surface area (Å²) in [6, 6.07) is 7.34. The summed E-state index contributed by atoms with van der Waals surface area (Å²) in [7, 11) is 0. The molecule has 0 bridgehead atoms. The van der Waals surface area contributed by atoms with Gasteiger partial charge in [0, 0.05) is 0 Å². The van der Waals surface area contributed by atoms with Gasteiger partial charge in [0.15, 0.2) is 0 Å². The zero-order chi connectivity index (χ0) is 10.0. The topological polar surface area (TPSA) is 24.6 Å². The van der Waals surface area contributed by atoms with Crippen molar-refractivity contribution in [2.24, 2.45) is 0 Å². The van der Waals surface area contributed by atoms with Gasteiger partial charge in [0.1, 0.15) is 5.75 Å². The quantitative estimate of drug-likeness (QED) is 0.707. The van der Waals surface area contributed by atoms with Crippen LogP contribution in [0.4, 0.5) is 0 Å². The maximum Gasteiger partial charge on any atom is 0.224 e. The second-order valence-electron chi connectivity index (χ2n) is 4.00. The molecule has 2 heteroatoms. The van der Waals surface area contributed by atoms with Crippen molar-refractivity contribution in [2.45, 2.75) is 24.7 Å². The lowest BCUT2D eigenvalue weighted by Crippen LogP contribution is -2.36. The van der Waals surface area contributed by atoms with Crippen molar-refractivity contribution in [2.75, 3.05) is 6.54 Å². The average Bonchev–Trinajstić information content (AvgIpc) is 2.11. The van der Waals surface area contributed by atoms with Crippen LogP contribution in [0.5, 0.6) is 5.75 Å². The van der Waals surface area contributed by atoms with Gasteiger partial charge in [-0.2, -0.15) is 0 Å². The summed E-state index contributed by atoms with van der Waals surface area (Å²) in [5.74, 6) is 0.304. The fraction of sp³-hybridized carbons (Fsp3) is 0.417. The highest BCUT2D eigenvalue weighted by molar-refractivity contribution is 5.35. The molecule has 1 N–H and O–H groups in total. The Labute approximate surface area is 84.0 Å². The Morgan fingerprint density at radius 1 is 1.43 bits per heavy atom. The molecule has 0 atom stereocenters. The largest absolute Gasteiger partial charge is 0.508 e. The van der Waals surface area contributed by atoms with Gasteiger partial charge in [-0.25, -0.2) is 6.57 Å². The second kappa shape index (κ2) is 3.34. The van der Waals surface area contributed by atoms with Crippen molar-refractivity contribution in [3.8, 4) is 5.75 Å². The van der Waals surface area contributed by atoms with E-state index in [0.717, 1.165) is 18.4 Å². The smallest absolute Gasteiger partial charge is 0.224 e. The number of phenolic OH excluding ortho intramolecular Hbond substituents is 1. The number of phenols is 1. The molecule has 1 aliphatic rings. The van der Waals surface area contributed by atoms with Gasteiger partial charge in [0.2, 0.25) is 6.54 Å². The van der Waals surface area contributed by atoms with E-state index in [1.165, 1.54) is 6.42 Å². The summed E-state index contributed by atoms with van der Waals surface area (Å²) in [5.41, 5.74) is 1.17. The van der Waals surface area contributed by atoms with Gasteiger partial charge in [0.25, 0.3) is 0 Å². The molecule has 0 aliphatic heterocycles. The van der Waals surface area contributed by atoms with Crippen molar-refractivity contribution in [1.29, 1.82) is 0 Å². The van der Waals surface area contributed by atoms with E-state index in [0.29, 0.717) is 12.3 Å². The molecule has 1 fully saturated rings. The van der Waals surface area contributed by atoms with Gasteiger partial charge in [0.05, 0.1) is 5.41 Å². The Hall–Kier alpha value is -1.49. The number of rotatable bonds is 2. The number of benzene rings is 1. The normalized spacial score (nSPS) is 18.2.